The van der Waals surface area contributed by atoms with E-state index in [4.69, 9.17) is 19.8 Å². The minimum absolute atomic E-state index is 0.0511. The molecular weight excluding hydrogens is 418 g/mol. The Hall–Kier alpha value is -3.73. The molecule has 5 rings (SSSR count). The summed E-state index contributed by atoms with van der Waals surface area (Å²) in [7, 11) is 0. The van der Waals surface area contributed by atoms with Gasteiger partial charge in [0.1, 0.15) is 0 Å². The lowest BCUT2D eigenvalue weighted by Crippen LogP contribution is -2.35. The summed E-state index contributed by atoms with van der Waals surface area (Å²) in [4.78, 5) is 43.0. The highest BCUT2D eigenvalue weighted by molar-refractivity contribution is 5.97. The normalized spacial score (nSPS) is 23.8. The Morgan fingerprint density at radius 2 is 1.81 bits per heavy atom. The van der Waals surface area contributed by atoms with E-state index in [0.29, 0.717) is 17.4 Å². The largest absolute Gasteiger partial charge is 0.483 e. The number of aliphatic hydroxyl groups excluding tert-OH is 1. The zero-order valence-electron chi connectivity index (χ0n) is 17.2. The van der Waals surface area contributed by atoms with Crippen LogP contribution in [0.15, 0.2) is 43.2 Å². The van der Waals surface area contributed by atoms with Crippen molar-refractivity contribution in [1.29, 1.82) is 0 Å². The van der Waals surface area contributed by atoms with Crippen molar-refractivity contribution < 1.29 is 29.7 Å². The molecule has 0 spiro atoms. The topological polar surface area (TPSA) is 162 Å². The molecule has 1 saturated carbocycles. The molecule has 4 atom stereocenters. The predicted octanol–water partition coefficient (Wildman–Crippen LogP) is 1.25. The summed E-state index contributed by atoms with van der Waals surface area (Å²) >= 11 is 0. The first-order valence-electron chi connectivity index (χ1n) is 10.1. The molecule has 0 bridgehead atoms. The number of amides is 1. The first kappa shape index (κ1) is 22.9. The van der Waals surface area contributed by atoms with Gasteiger partial charge in [-0.15, -0.1) is 0 Å². The molecule has 2 aromatic heterocycles. The Morgan fingerprint density at radius 1 is 1.12 bits per heavy atom. The number of nitrogens with zero attached hydrogens (tertiary/aromatic N) is 4. The number of likely N-dealkylation sites (tertiary alicyclic amines) is 1. The molecule has 3 heterocycles. The third-order valence-corrected chi connectivity index (χ3v) is 5.97. The van der Waals surface area contributed by atoms with Crippen LogP contribution in [-0.2, 0) is 9.59 Å². The summed E-state index contributed by atoms with van der Waals surface area (Å²) in [5.74, 6) is 0.847. The number of aromatic nitrogens is 4. The van der Waals surface area contributed by atoms with Crippen LogP contribution in [0.5, 0.6) is 0 Å². The van der Waals surface area contributed by atoms with Gasteiger partial charge in [0.05, 0.1) is 35.8 Å². The van der Waals surface area contributed by atoms with Crippen LogP contribution in [-0.4, -0.2) is 77.8 Å². The Balaban J connectivity index is 0.000000437. The van der Waals surface area contributed by atoms with Crippen molar-refractivity contribution in [2.24, 2.45) is 11.8 Å². The van der Waals surface area contributed by atoms with Gasteiger partial charge in [0.25, 0.3) is 18.9 Å². The number of benzene rings is 1. The number of nitrogens with one attached hydrogen (secondary N) is 1. The van der Waals surface area contributed by atoms with Crippen LogP contribution in [0.2, 0.25) is 0 Å². The van der Waals surface area contributed by atoms with E-state index in [9.17, 15) is 9.90 Å². The van der Waals surface area contributed by atoms with Crippen molar-refractivity contribution in [1.82, 2.24) is 24.4 Å². The molecule has 3 aromatic rings. The number of carbonyl (C=O) groups excluding carboxylic acids is 1. The molecule has 4 N–H and O–H groups in total. The Labute approximate surface area is 183 Å². The van der Waals surface area contributed by atoms with Gasteiger partial charge in [-0.1, -0.05) is 0 Å². The van der Waals surface area contributed by atoms with Gasteiger partial charge in [-0.2, -0.15) is 0 Å². The van der Waals surface area contributed by atoms with Crippen LogP contribution in [0, 0.1) is 11.8 Å². The van der Waals surface area contributed by atoms with Gasteiger partial charge in [-0.25, -0.2) is 9.97 Å². The summed E-state index contributed by atoms with van der Waals surface area (Å²) in [6, 6.07) is 5.64. The van der Waals surface area contributed by atoms with Crippen LogP contribution >= 0.6 is 0 Å². The lowest BCUT2D eigenvalue weighted by molar-refractivity contribution is -0.123. The maximum atomic E-state index is 13.0. The zero-order valence-corrected chi connectivity index (χ0v) is 17.2. The molecule has 2 fully saturated rings. The van der Waals surface area contributed by atoms with Gasteiger partial charge >= 0.3 is 0 Å². The fourth-order valence-electron chi connectivity index (χ4n) is 4.61. The van der Waals surface area contributed by atoms with Crippen LogP contribution in [0.25, 0.3) is 11.0 Å². The molecule has 11 nitrogen and oxygen atoms in total. The number of aromatic amines is 1. The molecule has 0 radical (unpaired) electrons. The summed E-state index contributed by atoms with van der Waals surface area (Å²) in [6.07, 6.45) is 8.29. The van der Waals surface area contributed by atoms with E-state index in [1.807, 2.05) is 33.9 Å². The number of carbonyl (C=O) groups is 3. The number of aliphatic hydroxyl groups is 1. The fourth-order valence-corrected chi connectivity index (χ4v) is 4.61. The second kappa shape index (κ2) is 10.5. The molecule has 1 aromatic carbocycles. The zero-order chi connectivity index (χ0) is 23.1. The maximum absolute atomic E-state index is 13.0. The van der Waals surface area contributed by atoms with Crippen molar-refractivity contribution in [3.63, 3.8) is 0 Å². The average molecular weight is 443 g/mol. The number of fused-ring (bicyclic) bond motifs is 2. The third-order valence-electron chi connectivity index (χ3n) is 5.97. The number of H-pyrrole nitrogens is 1. The minimum atomic E-state index is -0.387. The Kier molecular flexibility index (Phi) is 7.55. The quantitative estimate of drug-likeness (QED) is 0.430. The molecule has 1 aliphatic carbocycles. The highest BCUT2D eigenvalue weighted by atomic mass is 16.3. The van der Waals surface area contributed by atoms with Crippen LogP contribution < -0.4 is 0 Å². The lowest BCUT2D eigenvalue weighted by Gasteiger charge is -2.35. The van der Waals surface area contributed by atoms with Crippen molar-refractivity contribution in [2.45, 2.75) is 25.0 Å². The molecule has 1 amide bonds. The lowest BCUT2D eigenvalue weighted by atomic mass is 9.77. The Bertz CT molecular complexity index is 1030. The molecule has 1 saturated heterocycles. The second-order valence-corrected chi connectivity index (χ2v) is 7.69. The first-order chi connectivity index (χ1) is 15.5. The predicted molar refractivity (Wildman–Crippen MR) is 113 cm³/mol. The molecule has 0 unspecified atom stereocenters. The van der Waals surface area contributed by atoms with E-state index in [-0.39, 0.29) is 31.0 Å². The van der Waals surface area contributed by atoms with E-state index in [1.54, 1.807) is 18.9 Å². The SMILES string of the molecule is O=C(c1ccc2nc[nH]c2c1)N1C[C@H]2C[C@@H](n3ccnc3)[C@H](O)C[C@H]2C1.O=CO.O=CO. The monoisotopic (exact) mass is 443 g/mol. The number of hydrogen-bond donors (Lipinski definition) is 4. The summed E-state index contributed by atoms with van der Waals surface area (Å²) in [5, 5.41) is 24.3. The Morgan fingerprint density at radius 3 is 2.47 bits per heavy atom. The third kappa shape index (κ3) is 4.94. The summed E-state index contributed by atoms with van der Waals surface area (Å²) in [5.41, 5.74) is 2.43. The van der Waals surface area contributed by atoms with Gasteiger partial charge in [0.2, 0.25) is 0 Å². The number of rotatable bonds is 2. The number of imidazole rings is 2. The molecule has 2 aliphatic rings. The fraction of sp³-hybridized carbons (Fsp3) is 0.381. The maximum Gasteiger partial charge on any atom is 0.290 e. The standard InChI is InChI=1S/C19H21N5O2.2CH2O2/c25-18-7-14-9-24(8-13(14)6-17(18)23-4-3-20-11-23)19(26)12-1-2-15-16(5-12)22-10-21-15;2*2-1-3/h1-5,10-11,13-14,17-18,25H,6-9H2,(H,21,22);2*1H,(H,2,3)/t13-,14+,17-,18-;;/m1../s1. The van der Waals surface area contributed by atoms with Crippen molar-refractivity contribution in [3.05, 3.63) is 48.8 Å². The van der Waals surface area contributed by atoms with E-state index < -0.39 is 0 Å². The van der Waals surface area contributed by atoms with E-state index in [1.165, 1.54) is 0 Å². The molecular formula is C21H25N5O6. The van der Waals surface area contributed by atoms with Gasteiger partial charge in [-0.05, 0) is 42.9 Å². The van der Waals surface area contributed by atoms with Gasteiger partial charge in [0.15, 0.2) is 0 Å². The smallest absolute Gasteiger partial charge is 0.290 e. The first-order valence-corrected chi connectivity index (χ1v) is 10.1. The van der Waals surface area contributed by atoms with Gasteiger partial charge < -0.3 is 29.8 Å². The van der Waals surface area contributed by atoms with E-state index in [0.717, 1.165) is 37.0 Å². The van der Waals surface area contributed by atoms with Crippen LogP contribution in [0.3, 0.4) is 0 Å². The van der Waals surface area contributed by atoms with E-state index in [2.05, 4.69) is 15.0 Å². The van der Waals surface area contributed by atoms with Crippen molar-refractivity contribution in [3.8, 4) is 0 Å². The number of carboxylic acid groups (broad SMARTS) is 2. The minimum Gasteiger partial charge on any atom is -0.483 e. The highest BCUT2D eigenvalue weighted by Gasteiger charge is 2.43. The molecule has 170 valence electrons. The van der Waals surface area contributed by atoms with Gasteiger partial charge in [-0.3, -0.25) is 14.4 Å². The van der Waals surface area contributed by atoms with Crippen molar-refractivity contribution in [2.75, 3.05) is 13.1 Å². The summed E-state index contributed by atoms with van der Waals surface area (Å²) in [6.45, 7) is 0.973. The molecule has 32 heavy (non-hydrogen) atoms. The number of hydrogen-bond acceptors (Lipinski definition) is 6. The van der Waals surface area contributed by atoms with Crippen LogP contribution in [0.4, 0.5) is 0 Å². The average Bonchev–Trinajstić information content (AvgIpc) is 3.53. The highest BCUT2D eigenvalue weighted by Crippen LogP contribution is 2.41. The van der Waals surface area contributed by atoms with Crippen LogP contribution in [0.1, 0.15) is 29.2 Å². The van der Waals surface area contributed by atoms with Crippen molar-refractivity contribution >= 4 is 29.9 Å². The van der Waals surface area contributed by atoms with Gasteiger partial charge in [0, 0.05) is 31.0 Å². The summed E-state index contributed by atoms with van der Waals surface area (Å²) < 4.78 is 2.00. The molecule has 1 aliphatic heterocycles. The second-order valence-electron chi connectivity index (χ2n) is 7.69. The van der Waals surface area contributed by atoms with E-state index >= 15 is 0 Å². The molecule has 11 heteroatoms.